The first-order valence-electron chi connectivity index (χ1n) is 8.87. The van der Waals surface area contributed by atoms with Gasteiger partial charge >= 0.3 is 5.97 Å². The summed E-state index contributed by atoms with van der Waals surface area (Å²) >= 11 is 1.65. The number of para-hydroxylation sites is 1. The van der Waals surface area contributed by atoms with E-state index in [4.69, 9.17) is 14.2 Å². The van der Waals surface area contributed by atoms with Crippen molar-refractivity contribution in [2.45, 2.75) is 6.10 Å². The lowest BCUT2D eigenvalue weighted by Crippen LogP contribution is -2.52. The average Bonchev–Trinajstić information content (AvgIpc) is 3.12. The van der Waals surface area contributed by atoms with Gasteiger partial charge in [-0.3, -0.25) is 0 Å². The minimum absolute atomic E-state index is 0.116. The number of carbonyl (C=O) groups excluding carboxylic acids is 1. The third-order valence-electron chi connectivity index (χ3n) is 4.50. The van der Waals surface area contributed by atoms with Crippen molar-refractivity contribution in [3.8, 4) is 11.5 Å². The molecule has 0 amide bonds. The van der Waals surface area contributed by atoms with Crippen molar-refractivity contribution < 1.29 is 19.0 Å². The second-order valence-electron chi connectivity index (χ2n) is 6.38. The molecule has 144 valence electrons. The van der Waals surface area contributed by atoms with Crippen LogP contribution in [0.5, 0.6) is 11.5 Å². The number of hydrogen-bond acceptors (Lipinski definition) is 7. The van der Waals surface area contributed by atoms with Crippen molar-refractivity contribution in [3.05, 3.63) is 54.1 Å². The van der Waals surface area contributed by atoms with Crippen LogP contribution in [0, 0.1) is 0 Å². The Bertz CT molecular complexity index is 991. The largest absolute Gasteiger partial charge is 0.493 e. The fraction of sp³-hybridized carbons (Fsp3) is 0.238. The Kier molecular flexibility index (Phi) is 5.16. The summed E-state index contributed by atoms with van der Waals surface area (Å²) in [5, 5.41) is 0.967. The van der Waals surface area contributed by atoms with Crippen LogP contribution in [0.2, 0.25) is 0 Å². The topological polar surface area (TPSA) is 60.9 Å². The van der Waals surface area contributed by atoms with Gasteiger partial charge in [-0.05, 0) is 35.9 Å². The van der Waals surface area contributed by atoms with Gasteiger partial charge in [-0.1, -0.05) is 29.5 Å². The van der Waals surface area contributed by atoms with Gasteiger partial charge in [0.1, 0.15) is 6.10 Å². The van der Waals surface area contributed by atoms with Crippen molar-refractivity contribution in [2.75, 3.05) is 32.2 Å². The van der Waals surface area contributed by atoms with Crippen molar-refractivity contribution in [1.82, 2.24) is 4.98 Å². The molecule has 3 aromatic rings. The number of thiazole rings is 1. The molecule has 0 saturated carbocycles. The zero-order valence-corrected chi connectivity index (χ0v) is 16.4. The minimum atomic E-state index is -0.358. The minimum Gasteiger partial charge on any atom is -0.493 e. The molecular weight excluding hydrogens is 376 g/mol. The van der Waals surface area contributed by atoms with Gasteiger partial charge in [0.2, 0.25) is 0 Å². The number of benzene rings is 2. The lowest BCUT2D eigenvalue weighted by atomic mass is 10.2. The average molecular weight is 396 g/mol. The number of ether oxygens (including phenoxy) is 3. The van der Waals surface area contributed by atoms with Crippen LogP contribution in [-0.2, 0) is 9.53 Å². The van der Waals surface area contributed by atoms with Crippen LogP contribution < -0.4 is 14.4 Å². The standard InChI is InChI=1S/C21H20N2O4S/c1-25-17-9-7-14(11-18(17)26-2)8-10-20(24)27-15-12-23(13-15)21-22-16-5-3-4-6-19(16)28-21/h3-11,15H,12-13H2,1-2H3/b10-8+. The van der Waals surface area contributed by atoms with E-state index in [2.05, 4.69) is 16.0 Å². The maximum Gasteiger partial charge on any atom is 0.331 e. The highest BCUT2D eigenvalue weighted by molar-refractivity contribution is 7.22. The van der Waals surface area contributed by atoms with Crippen LogP contribution in [0.4, 0.5) is 5.13 Å². The first-order chi connectivity index (χ1) is 13.7. The first-order valence-corrected chi connectivity index (χ1v) is 9.69. The summed E-state index contributed by atoms with van der Waals surface area (Å²) in [5.74, 6) is 0.902. The molecule has 1 fully saturated rings. The van der Waals surface area contributed by atoms with Gasteiger partial charge in [0.25, 0.3) is 0 Å². The molecule has 0 spiro atoms. The summed E-state index contributed by atoms with van der Waals surface area (Å²) in [4.78, 5) is 18.8. The number of rotatable bonds is 6. The number of aromatic nitrogens is 1. The van der Waals surface area contributed by atoms with Gasteiger partial charge in [-0.2, -0.15) is 0 Å². The van der Waals surface area contributed by atoms with E-state index in [1.54, 1.807) is 43.8 Å². The third-order valence-corrected chi connectivity index (χ3v) is 5.60. The number of hydrogen-bond donors (Lipinski definition) is 0. The van der Waals surface area contributed by atoms with Gasteiger partial charge in [0, 0.05) is 6.08 Å². The summed E-state index contributed by atoms with van der Waals surface area (Å²) in [5.41, 5.74) is 1.83. The summed E-state index contributed by atoms with van der Waals surface area (Å²) < 4.78 is 17.1. The molecule has 28 heavy (non-hydrogen) atoms. The van der Waals surface area contributed by atoms with E-state index in [1.165, 1.54) is 6.08 Å². The Labute approximate surface area is 167 Å². The smallest absolute Gasteiger partial charge is 0.331 e. The normalized spacial score (nSPS) is 14.3. The molecule has 1 aromatic heterocycles. The summed E-state index contributed by atoms with van der Waals surface area (Å²) in [6, 6.07) is 13.5. The van der Waals surface area contributed by atoms with Crippen LogP contribution in [-0.4, -0.2) is 44.4 Å². The van der Waals surface area contributed by atoms with Crippen molar-refractivity contribution >= 4 is 38.7 Å². The monoisotopic (exact) mass is 396 g/mol. The van der Waals surface area contributed by atoms with Gasteiger partial charge in [-0.15, -0.1) is 0 Å². The third kappa shape index (κ3) is 3.80. The van der Waals surface area contributed by atoms with E-state index in [0.717, 1.165) is 20.9 Å². The molecule has 0 unspecified atom stereocenters. The van der Waals surface area contributed by atoms with Crippen LogP contribution in [0.1, 0.15) is 5.56 Å². The molecule has 0 radical (unpaired) electrons. The zero-order chi connectivity index (χ0) is 19.5. The van der Waals surface area contributed by atoms with Crippen LogP contribution >= 0.6 is 11.3 Å². The molecule has 1 aliphatic rings. The predicted molar refractivity (Wildman–Crippen MR) is 110 cm³/mol. The Morgan fingerprint density at radius 2 is 1.93 bits per heavy atom. The molecule has 0 bridgehead atoms. The molecule has 7 heteroatoms. The Morgan fingerprint density at radius 3 is 2.68 bits per heavy atom. The molecule has 1 saturated heterocycles. The molecule has 2 heterocycles. The van der Waals surface area contributed by atoms with Crippen LogP contribution in [0.15, 0.2) is 48.5 Å². The molecule has 0 aliphatic carbocycles. The van der Waals surface area contributed by atoms with E-state index in [0.29, 0.717) is 24.6 Å². The summed E-state index contributed by atoms with van der Waals surface area (Å²) in [6.45, 7) is 1.32. The quantitative estimate of drug-likeness (QED) is 0.467. The van der Waals surface area contributed by atoms with E-state index in [-0.39, 0.29) is 12.1 Å². The van der Waals surface area contributed by atoms with E-state index >= 15 is 0 Å². The second kappa shape index (κ2) is 7.90. The number of esters is 1. The molecule has 2 aromatic carbocycles. The number of methoxy groups -OCH3 is 2. The lowest BCUT2D eigenvalue weighted by Gasteiger charge is -2.37. The molecule has 6 nitrogen and oxygen atoms in total. The van der Waals surface area contributed by atoms with Crippen LogP contribution in [0.25, 0.3) is 16.3 Å². The van der Waals surface area contributed by atoms with Crippen LogP contribution in [0.3, 0.4) is 0 Å². The van der Waals surface area contributed by atoms with Gasteiger partial charge in [-0.25, -0.2) is 9.78 Å². The fourth-order valence-electron chi connectivity index (χ4n) is 2.99. The molecule has 0 atom stereocenters. The van der Waals surface area contributed by atoms with Crippen molar-refractivity contribution in [1.29, 1.82) is 0 Å². The Balaban J connectivity index is 1.31. The SMILES string of the molecule is COc1ccc(/C=C/C(=O)OC2CN(c3nc4ccccc4s3)C2)cc1OC. The highest BCUT2D eigenvalue weighted by Crippen LogP contribution is 2.32. The highest BCUT2D eigenvalue weighted by atomic mass is 32.1. The second-order valence-corrected chi connectivity index (χ2v) is 7.38. The molecular formula is C21H20N2O4S. The zero-order valence-electron chi connectivity index (χ0n) is 15.6. The van der Waals surface area contributed by atoms with E-state index in [1.807, 2.05) is 24.3 Å². The maximum atomic E-state index is 12.1. The summed E-state index contributed by atoms with van der Waals surface area (Å²) in [7, 11) is 3.16. The molecule has 1 aliphatic heterocycles. The predicted octanol–water partition coefficient (Wildman–Crippen LogP) is 3.76. The first kappa shape index (κ1) is 18.3. The Morgan fingerprint density at radius 1 is 1.14 bits per heavy atom. The molecule has 4 rings (SSSR count). The highest BCUT2D eigenvalue weighted by Gasteiger charge is 2.31. The van der Waals surface area contributed by atoms with Gasteiger partial charge in [0.05, 0.1) is 37.5 Å². The fourth-order valence-corrected chi connectivity index (χ4v) is 3.97. The van der Waals surface area contributed by atoms with E-state index < -0.39 is 0 Å². The molecule has 0 N–H and O–H groups in total. The lowest BCUT2D eigenvalue weighted by molar-refractivity contribution is -0.143. The van der Waals surface area contributed by atoms with Crippen molar-refractivity contribution in [3.63, 3.8) is 0 Å². The van der Waals surface area contributed by atoms with Gasteiger partial charge in [0.15, 0.2) is 16.6 Å². The van der Waals surface area contributed by atoms with Crippen molar-refractivity contribution in [2.24, 2.45) is 0 Å². The number of anilines is 1. The number of fused-ring (bicyclic) bond motifs is 1. The van der Waals surface area contributed by atoms with Gasteiger partial charge < -0.3 is 19.1 Å². The van der Waals surface area contributed by atoms with E-state index in [9.17, 15) is 4.79 Å². The number of nitrogens with zero attached hydrogens (tertiary/aromatic N) is 2. The Hall–Kier alpha value is -3.06. The maximum absolute atomic E-state index is 12.1. The number of carbonyl (C=O) groups is 1. The summed E-state index contributed by atoms with van der Waals surface area (Å²) in [6.07, 6.45) is 3.02.